The van der Waals surface area contributed by atoms with E-state index in [2.05, 4.69) is 13.8 Å². The van der Waals surface area contributed by atoms with Gasteiger partial charge in [0.1, 0.15) is 11.9 Å². The molecule has 2 saturated heterocycles. The number of ketones is 1. The van der Waals surface area contributed by atoms with Crippen LogP contribution in [0.5, 0.6) is 0 Å². The number of carbonyl (C=O) groups is 3. The van der Waals surface area contributed by atoms with Crippen LogP contribution in [0.3, 0.4) is 0 Å². The second-order valence-electron chi connectivity index (χ2n) is 9.32. The van der Waals surface area contributed by atoms with Crippen LogP contribution >= 0.6 is 0 Å². The molecule has 2 aliphatic heterocycles. The van der Waals surface area contributed by atoms with Gasteiger partial charge in [-0.05, 0) is 44.4 Å². The number of hydrogen-bond acceptors (Lipinski definition) is 6. The Bertz CT molecular complexity index is 602. The molecule has 0 aromatic rings. The van der Waals surface area contributed by atoms with Crippen molar-refractivity contribution in [2.75, 3.05) is 0 Å². The van der Waals surface area contributed by atoms with Gasteiger partial charge in [0.05, 0.1) is 11.8 Å². The van der Waals surface area contributed by atoms with Gasteiger partial charge in [0.25, 0.3) is 0 Å². The predicted octanol–water partition coefficient (Wildman–Crippen LogP) is 4.54. The number of rotatable bonds is 1. The molecule has 2 fully saturated rings. The van der Waals surface area contributed by atoms with Crippen LogP contribution in [0.15, 0.2) is 0 Å². The maximum atomic E-state index is 13.1. The van der Waals surface area contributed by atoms with Crippen molar-refractivity contribution in [2.45, 2.75) is 92.0 Å². The molecule has 6 heteroatoms. The Morgan fingerprint density at radius 1 is 0.893 bits per heavy atom. The van der Waals surface area contributed by atoms with Gasteiger partial charge in [0, 0.05) is 5.92 Å². The van der Waals surface area contributed by atoms with Crippen molar-refractivity contribution in [2.24, 2.45) is 29.6 Å². The molecule has 2 aliphatic rings. The zero-order valence-electron chi connectivity index (χ0n) is 18.3. The van der Waals surface area contributed by atoms with E-state index in [0.29, 0.717) is 18.3 Å². The average molecular weight is 397 g/mol. The van der Waals surface area contributed by atoms with Crippen LogP contribution in [0.1, 0.15) is 74.1 Å². The molecule has 6 nitrogen and oxygen atoms in total. The lowest BCUT2D eigenvalue weighted by Gasteiger charge is -2.37. The highest BCUT2D eigenvalue weighted by Crippen LogP contribution is 2.39. The summed E-state index contributed by atoms with van der Waals surface area (Å²) in [6.07, 6.45) is 0.678. The number of carbonyl (C=O) groups excluding carboxylic acids is 3. The number of hydrogen-bond donors (Lipinski definition) is 0. The Kier molecular flexibility index (Phi) is 7.16. The minimum absolute atomic E-state index is 0.0561. The first kappa shape index (κ1) is 22.7. The van der Waals surface area contributed by atoms with Gasteiger partial charge in [0.2, 0.25) is 0 Å². The highest BCUT2D eigenvalue weighted by atomic mass is 16.8. The number of esters is 1. The summed E-state index contributed by atoms with van der Waals surface area (Å²) in [7, 11) is 0. The number of cyclic esters (lactones) is 1. The van der Waals surface area contributed by atoms with Crippen LogP contribution in [0.4, 0.5) is 4.79 Å². The molecule has 0 aromatic carbocycles. The normalized spacial score (nSPS) is 43.4. The third-order valence-electron chi connectivity index (χ3n) is 6.47. The van der Waals surface area contributed by atoms with E-state index in [1.807, 2.05) is 20.8 Å². The summed E-state index contributed by atoms with van der Waals surface area (Å²) < 4.78 is 16.7. The zero-order chi connectivity index (χ0) is 21.2. The molecular weight excluding hydrogens is 360 g/mol. The Labute approximate surface area is 168 Å². The fraction of sp³-hybridized carbons (Fsp3) is 0.864. The molecule has 0 bridgehead atoms. The largest absolute Gasteiger partial charge is 0.509 e. The van der Waals surface area contributed by atoms with Crippen molar-refractivity contribution in [3.8, 4) is 0 Å². The van der Waals surface area contributed by atoms with E-state index in [9.17, 15) is 14.4 Å². The van der Waals surface area contributed by atoms with Gasteiger partial charge in [-0.3, -0.25) is 9.59 Å². The Morgan fingerprint density at radius 3 is 2.04 bits per heavy atom. The summed E-state index contributed by atoms with van der Waals surface area (Å²) >= 11 is 0. The molecular formula is C22H36O6. The summed E-state index contributed by atoms with van der Waals surface area (Å²) in [5, 5.41) is 0. The lowest BCUT2D eigenvalue weighted by atomic mass is 9.77. The van der Waals surface area contributed by atoms with E-state index in [1.54, 1.807) is 13.8 Å². The number of fused-ring (bicyclic) bond motifs is 1. The average Bonchev–Trinajstić information content (AvgIpc) is 2.91. The first-order chi connectivity index (χ1) is 13.0. The third kappa shape index (κ3) is 4.69. The van der Waals surface area contributed by atoms with Crippen molar-refractivity contribution in [1.29, 1.82) is 0 Å². The molecule has 0 radical (unpaired) electrons. The second-order valence-corrected chi connectivity index (χ2v) is 9.32. The van der Waals surface area contributed by atoms with Crippen LogP contribution in [0.25, 0.3) is 0 Å². The third-order valence-corrected chi connectivity index (χ3v) is 6.47. The van der Waals surface area contributed by atoms with Crippen molar-refractivity contribution >= 4 is 17.9 Å². The van der Waals surface area contributed by atoms with E-state index in [-0.39, 0.29) is 23.6 Å². The Morgan fingerprint density at radius 2 is 1.46 bits per heavy atom. The minimum atomic E-state index is -1.18. The Hall–Kier alpha value is -1.59. The fourth-order valence-corrected chi connectivity index (χ4v) is 5.09. The smallest absolute Gasteiger partial charge is 0.458 e. The van der Waals surface area contributed by atoms with Crippen molar-refractivity contribution in [3.63, 3.8) is 0 Å². The van der Waals surface area contributed by atoms with E-state index in [0.717, 1.165) is 19.3 Å². The lowest BCUT2D eigenvalue weighted by Crippen LogP contribution is -2.54. The summed E-state index contributed by atoms with van der Waals surface area (Å²) in [5.74, 6) is -0.427. The van der Waals surface area contributed by atoms with Gasteiger partial charge in [-0.15, -0.1) is 0 Å². The summed E-state index contributed by atoms with van der Waals surface area (Å²) in [6, 6.07) is 0. The van der Waals surface area contributed by atoms with E-state index >= 15 is 0 Å². The van der Waals surface area contributed by atoms with Crippen molar-refractivity contribution in [3.05, 3.63) is 0 Å². The highest BCUT2D eigenvalue weighted by molar-refractivity contribution is 5.84. The van der Waals surface area contributed by atoms with Crippen molar-refractivity contribution < 1.29 is 28.6 Å². The number of ether oxygens (including phenoxy) is 3. The Balaban J connectivity index is 2.40. The summed E-state index contributed by atoms with van der Waals surface area (Å²) in [6.45, 7) is 13.5. The number of Topliss-reactive ketones (excluding diaryl/α,β-unsaturated/α-hetero) is 1. The maximum absolute atomic E-state index is 13.1. The minimum Gasteiger partial charge on any atom is -0.458 e. The topological polar surface area (TPSA) is 78.9 Å². The molecule has 160 valence electrons. The van der Waals surface area contributed by atoms with Crippen LogP contribution < -0.4 is 0 Å². The SMILES string of the molecule is CC[C@H]1OC(=O)[C@H](C)C[C@H](C)CC(C)C[C@@H](C)C(=O)[C@H](C)C2OC(=O)O[C@@]21C. The molecule has 0 aromatic heterocycles. The predicted molar refractivity (Wildman–Crippen MR) is 105 cm³/mol. The van der Waals surface area contributed by atoms with Gasteiger partial charge in [-0.1, -0.05) is 41.5 Å². The first-order valence-electron chi connectivity index (χ1n) is 10.6. The standard InChI is InChI=1S/C22H36O6/c1-8-17-22(7)19(27-21(25)28-22)16(6)18(23)14(4)10-12(2)9-13(3)11-15(5)20(24)26-17/h12-17,19H,8-11H2,1-7H3/t12?,13-,14-,15-,16+,17-,19?,22-/m1/s1. The van der Waals surface area contributed by atoms with Crippen molar-refractivity contribution in [1.82, 2.24) is 0 Å². The molecule has 8 atom stereocenters. The van der Waals surface area contributed by atoms with Gasteiger partial charge >= 0.3 is 12.1 Å². The van der Waals surface area contributed by atoms with E-state index < -0.39 is 29.9 Å². The zero-order valence-corrected chi connectivity index (χ0v) is 18.3. The molecule has 28 heavy (non-hydrogen) atoms. The van der Waals surface area contributed by atoms with E-state index in [4.69, 9.17) is 14.2 Å². The van der Waals surface area contributed by atoms with E-state index in [1.165, 1.54) is 0 Å². The molecule has 0 amide bonds. The molecule has 0 saturated carbocycles. The summed E-state index contributed by atoms with van der Waals surface area (Å²) in [4.78, 5) is 37.8. The molecule has 0 spiro atoms. The summed E-state index contributed by atoms with van der Waals surface area (Å²) in [5.41, 5.74) is -1.18. The second kappa shape index (κ2) is 8.83. The van der Waals surface area contributed by atoms with Gasteiger partial charge in [-0.2, -0.15) is 0 Å². The highest BCUT2D eigenvalue weighted by Gasteiger charge is 2.57. The monoisotopic (exact) mass is 396 g/mol. The fourth-order valence-electron chi connectivity index (χ4n) is 5.09. The van der Waals surface area contributed by atoms with Crippen LogP contribution in [0, 0.1) is 29.6 Å². The molecule has 2 unspecified atom stereocenters. The van der Waals surface area contributed by atoms with Crippen LogP contribution in [-0.4, -0.2) is 35.7 Å². The molecule has 0 aliphatic carbocycles. The quantitative estimate of drug-likeness (QED) is 0.606. The van der Waals surface area contributed by atoms with Gasteiger partial charge in [-0.25, -0.2) is 4.79 Å². The van der Waals surface area contributed by atoms with Gasteiger partial charge in [0.15, 0.2) is 11.7 Å². The lowest BCUT2D eigenvalue weighted by molar-refractivity contribution is -0.171. The molecule has 2 heterocycles. The van der Waals surface area contributed by atoms with Crippen LogP contribution in [-0.2, 0) is 23.8 Å². The molecule has 2 rings (SSSR count). The van der Waals surface area contributed by atoms with Gasteiger partial charge < -0.3 is 14.2 Å². The molecule has 0 N–H and O–H groups in total. The van der Waals surface area contributed by atoms with Crippen LogP contribution in [0.2, 0.25) is 0 Å². The maximum Gasteiger partial charge on any atom is 0.509 e. The first-order valence-corrected chi connectivity index (χ1v) is 10.6.